The lowest BCUT2D eigenvalue weighted by Crippen LogP contribution is -2.34. The molecule has 0 unspecified atom stereocenters. The fourth-order valence-electron chi connectivity index (χ4n) is 2.20. The first-order chi connectivity index (χ1) is 12.0. The number of nitrogens with zero attached hydrogens (tertiary/aromatic N) is 1. The maximum absolute atomic E-state index is 12.5. The van der Waals surface area contributed by atoms with Gasteiger partial charge in [-0.25, -0.2) is 0 Å². The van der Waals surface area contributed by atoms with Gasteiger partial charge < -0.3 is 9.47 Å². The van der Waals surface area contributed by atoms with E-state index in [0.29, 0.717) is 15.8 Å². The molecule has 5 nitrogen and oxygen atoms in total. The van der Waals surface area contributed by atoms with Crippen molar-refractivity contribution in [3.8, 4) is 5.75 Å². The maximum atomic E-state index is 12.5. The lowest BCUT2D eigenvalue weighted by molar-refractivity contribution is -0.146. The van der Waals surface area contributed by atoms with Crippen LogP contribution in [0.3, 0.4) is 0 Å². The van der Waals surface area contributed by atoms with Gasteiger partial charge >= 0.3 is 5.97 Å². The van der Waals surface area contributed by atoms with Crippen molar-refractivity contribution < 1.29 is 19.1 Å². The minimum atomic E-state index is -0.432. The third-order valence-electron chi connectivity index (χ3n) is 3.59. The largest absolute Gasteiger partial charge is 0.497 e. The molecule has 25 heavy (non-hydrogen) atoms. The normalized spacial score (nSPS) is 15.8. The van der Waals surface area contributed by atoms with Gasteiger partial charge in [0, 0.05) is 0 Å². The number of benzene rings is 1. The van der Waals surface area contributed by atoms with Crippen LogP contribution >= 0.6 is 24.0 Å². The predicted molar refractivity (Wildman–Crippen MR) is 103 cm³/mol. The second kappa shape index (κ2) is 9.58. The van der Waals surface area contributed by atoms with Crippen molar-refractivity contribution in [1.29, 1.82) is 0 Å². The minimum Gasteiger partial charge on any atom is -0.497 e. The zero-order valence-electron chi connectivity index (χ0n) is 14.3. The molecule has 0 saturated carbocycles. The topological polar surface area (TPSA) is 55.8 Å². The number of esters is 1. The first-order valence-corrected chi connectivity index (χ1v) is 9.32. The van der Waals surface area contributed by atoms with Crippen LogP contribution in [0, 0.1) is 0 Å². The van der Waals surface area contributed by atoms with E-state index < -0.39 is 5.97 Å². The molecule has 0 bridgehead atoms. The van der Waals surface area contributed by atoms with Gasteiger partial charge in [0.05, 0.1) is 18.6 Å². The summed E-state index contributed by atoms with van der Waals surface area (Å²) < 4.78 is 10.6. The maximum Gasteiger partial charge on any atom is 0.326 e. The summed E-state index contributed by atoms with van der Waals surface area (Å²) >= 11 is 6.41. The van der Waals surface area contributed by atoms with Gasteiger partial charge in [-0.3, -0.25) is 14.5 Å². The van der Waals surface area contributed by atoms with Crippen molar-refractivity contribution >= 4 is 46.3 Å². The lowest BCUT2D eigenvalue weighted by atomic mass is 10.2. The SMILES string of the molecule is CCCCCOC(=O)CN1C(=O)/C(=C/c2ccc(OC)cc2)SC1=S. The molecule has 0 aliphatic carbocycles. The van der Waals surface area contributed by atoms with Crippen molar-refractivity contribution in [2.24, 2.45) is 0 Å². The number of amides is 1. The highest BCUT2D eigenvalue weighted by Gasteiger charge is 2.33. The third-order valence-corrected chi connectivity index (χ3v) is 4.96. The van der Waals surface area contributed by atoms with Crippen LogP contribution in [0.4, 0.5) is 0 Å². The second-order valence-corrected chi connectivity index (χ2v) is 7.14. The Hall–Kier alpha value is -1.86. The smallest absolute Gasteiger partial charge is 0.326 e. The molecule has 1 saturated heterocycles. The van der Waals surface area contributed by atoms with Gasteiger partial charge in [-0.2, -0.15) is 0 Å². The Morgan fingerprint density at radius 1 is 1.28 bits per heavy atom. The summed E-state index contributed by atoms with van der Waals surface area (Å²) in [4.78, 5) is 26.1. The highest BCUT2D eigenvalue weighted by atomic mass is 32.2. The number of hydrogen-bond acceptors (Lipinski definition) is 6. The van der Waals surface area contributed by atoms with E-state index in [4.69, 9.17) is 21.7 Å². The molecule has 0 aromatic heterocycles. The monoisotopic (exact) mass is 379 g/mol. The Morgan fingerprint density at radius 3 is 2.64 bits per heavy atom. The highest BCUT2D eigenvalue weighted by molar-refractivity contribution is 8.26. The van der Waals surface area contributed by atoms with Crippen molar-refractivity contribution in [1.82, 2.24) is 4.90 Å². The van der Waals surface area contributed by atoms with Gasteiger partial charge in [0.25, 0.3) is 5.91 Å². The Kier molecular flexibility index (Phi) is 7.46. The molecule has 1 aromatic rings. The van der Waals surface area contributed by atoms with Gasteiger partial charge in [0.2, 0.25) is 0 Å². The van der Waals surface area contributed by atoms with Crippen LogP contribution in [0.5, 0.6) is 5.75 Å². The first-order valence-electron chi connectivity index (χ1n) is 8.10. The zero-order chi connectivity index (χ0) is 18.2. The van der Waals surface area contributed by atoms with Gasteiger partial charge in [-0.05, 0) is 30.2 Å². The molecule has 1 aliphatic heterocycles. The molecule has 0 atom stereocenters. The zero-order valence-corrected chi connectivity index (χ0v) is 16.0. The summed E-state index contributed by atoms with van der Waals surface area (Å²) in [7, 11) is 1.60. The number of thioether (sulfide) groups is 1. The number of rotatable bonds is 8. The summed E-state index contributed by atoms with van der Waals surface area (Å²) in [5.74, 6) is 0.0462. The lowest BCUT2D eigenvalue weighted by Gasteiger charge is -2.13. The Morgan fingerprint density at radius 2 is 2.00 bits per heavy atom. The quantitative estimate of drug-likeness (QED) is 0.298. The average molecular weight is 380 g/mol. The van der Waals surface area contributed by atoms with E-state index in [-0.39, 0.29) is 12.5 Å². The molecule has 1 aromatic carbocycles. The van der Waals surface area contributed by atoms with Crippen molar-refractivity contribution in [3.63, 3.8) is 0 Å². The molecule has 1 heterocycles. The van der Waals surface area contributed by atoms with E-state index in [2.05, 4.69) is 6.92 Å². The average Bonchev–Trinajstić information content (AvgIpc) is 2.87. The van der Waals surface area contributed by atoms with Crippen LogP contribution in [0.1, 0.15) is 31.7 Å². The van der Waals surface area contributed by atoms with Crippen LogP contribution in [-0.2, 0) is 14.3 Å². The van der Waals surface area contributed by atoms with E-state index in [0.717, 1.165) is 30.6 Å². The molecular weight excluding hydrogens is 358 g/mol. The van der Waals surface area contributed by atoms with E-state index in [1.54, 1.807) is 13.2 Å². The van der Waals surface area contributed by atoms with Gasteiger partial charge in [0.1, 0.15) is 16.6 Å². The van der Waals surface area contributed by atoms with Crippen molar-refractivity contribution in [3.05, 3.63) is 34.7 Å². The molecule has 1 amide bonds. The third kappa shape index (κ3) is 5.57. The number of hydrogen-bond donors (Lipinski definition) is 0. The Balaban J connectivity index is 1.96. The molecule has 0 spiro atoms. The number of ether oxygens (including phenoxy) is 2. The van der Waals surface area contributed by atoms with Crippen molar-refractivity contribution in [2.75, 3.05) is 20.3 Å². The number of carbonyl (C=O) groups excluding carboxylic acids is 2. The van der Waals surface area contributed by atoms with Crippen LogP contribution < -0.4 is 4.74 Å². The van der Waals surface area contributed by atoms with Gasteiger partial charge in [-0.15, -0.1) is 0 Å². The summed E-state index contributed by atoms with van der Waals surface area (Å²) in [5.41, 5.74) is 0.864. The molecule has 2 rings (SSSR count). The predicted octanol–water partition coefficient (Wildman–Crippen LogP) is 3.63. The summed E-state index contributed by atoms with van der Waals surface area (Å²) in [6, 6.07) is 7.35. The van der Waals surface area contributed by atoms with Crippen LogP contribution in [0.15, 0.2) is 29.2 Å². The Bertz CT molecular complexity index is 670. The van der Waals surface area contributed by atoms with Crippen LogP contribution in [-0.4, -0.2) is 41.4 Å². The van der Waals surface area contributed by atoms with E-state index in [1.807, 2.05) is 24.3 Å². The van der Waals surface area contributed by atoms with Crippen molar-refractivity contribution in [2.45, 2.75) is 26.2 Å². The fourth-order valence-corrected chi connectivity index (χ4v) is 3.46. The second-order valence-electron chi connectivity index (χ2n) is 5.47. The number of unbranched alkanes of at least 4 members (excludes halogenated alkanes) is 2. The van der Waals surface area contributed by atoms with E-state index >= 15 is 0 Å². The molecule has 0 N–H and O–H groups in total. The Labute approximate surface area is 157 Å². The molecule has 134 valence electrons. The molecule has 1 aliphatic rings. The van der Waals surface area contributed by atoms with Crippen LogP contribution in [0.25, 0.3) is 6.08 Å². The summed E-state index contributed by atoms with van der Waals surface area (Å²) in [6.07, 6.45) is 4.66. The van der Waals surface area contributed by atoms with Crippen LogP contribution in [0.2, 0.25) is 0 Å². The summed E-state index contributed by atoms with van der Waals surface area (Å²) in [5, 5.41) is 0. The van der Waals surface area contributed by atoms with Gasteiger partial charge in [0.15, 0.2) is 0 Å². The summed E-state index contributed by atoms with van der Waals surface area (Å²) in [6.45, 7) is 2.32. The minimum absolute atomic E-state index is 0.142. The number of methoxy groups -OCH3 is 1. The number of carbonyl (C=O) groups is 2. The van der Waals surface area contributed by atoms with E-state index in [9.17, 15) is 9.59 Å². The molecule has 1 fully saturated rings. The standard InChI is InChI=1S/C18H21NO4S2/c1-3-4-5-10-23-16(20)12-19-17(21)15(25-18(19)24)11-13-6-8-14(22-2)9-7-13/h6-9,11H,3-5,10,12H2,1-2H3/b15-11-. The highest BCUT2D eigenvalue weighted by Crippen LogP contribution is 2.32. The number of thiocarbonyl (C=S) groups is 1. The molecule has 7 heteroatoms. The van der Waals surface area contributed by atoms with Gasteiger partial charge in [-0.1, -0.05) is 55.9 Å². The molecule has 0 radical (unpaired) electrons. The van der Waals surface area contributed by atoms with E-state index in [1.165, 1.54) is 16.7 Å². The molecular formula is C18H21NO4S2. The fraction of sp³-hybridized carbons (Fsp3) is 0.389. The first kappa shape index (κ1) is 19.5.